The number of hydrogen-bond acceptors (Lipinski definition) is 5. The largest absolute Gasteiger partial charge is 0.495 e. The zero-order valence-corrected chi connectivity index (χ0v) is 16.8. The highest BCUT2D eigenvalue weighted by Gasteiger charge is 2.12. The van der Waals surface area contributed by atoms with Gasteiger partial charge in [0.2, 0.25) is 5.91 Å². The molecule has 138 valence electrons. The molecule has 0 fully saturated rings. The average molecular weight is 446 g/mol. The third kappa shape index (κ3) is 5.15. The fourth-order valence-corrected chi connectivity index (χ4v) is 3.29. The van der Waals surface area contributed by atoms with Gasteiger partial charge in [-0.1, -0.05) is 28.1 Å². The minimum atomic E-state index is -0.248. The van der Waals surface area contributed by atoms with Crippen LogP contribution in [-0.2, 0) is 11.2 Å². The van der Waals surface area contributed by atoms with E-state index in [1.807, 2.05) is 12.1 Å². The van der Waals surface area contributed by atoms with E-state index in [0.717, 1.165) is 4.47 Å². The molecule has 8 heteroatoms. The lowest BCUT2D eigenvalue weighted by atomic mass is 10.2. The van der Waals surface area contributed by atoms with Gasteiger partial charge in [-0.25, -0.2) is 4.98 Å². The number of carbonyl (C=O) groups excluding carboxylic acids is 2. The number of aromatic nitrogens is 1. The van der Waals surface area contributed by atoms with Gasteiger partial charge in [0, 0.05) is 15.4 Å². The first-order valence-electron chi connectivity index (χ1n) is 7.99. The van der Waals surface area contributed by atoms with Gasteiger partial charge in [-0.15, -0.1) is 11.3 Å². The van der Waals surface area contributed by atoms with E-state index < -0.39 is 0 Å². The molecule has 2 amide bonds. The van der Waals surface area contributed by atoms with E-state index in [2.05, 4.69) is 31.5 Å². The molecule has 3 rings (SSSR count). The summed E-state index contributed by atoms with van der Waals surface area (Å²) in [5.74, 6) is 0.129. The molecule has 0 radical (unpaired) electrons. The second-order valence-corrected chi connectivity index (χ2v) is 7.30. The Morgan fingerprint density at radius 2 is 1.85 bits per heavy atom. The summed E-state index contributed by atoms with van der Waals surface area (Å²) in [4.78, 5) is 28.8. The summed E-state index contributed by atoms with van der Waals surface area (Å²) < 4.78 is 6.11. The summed E-state index contributed by atoms with van der Waals surface area (Å²) in [5.41, 5.74) is 1.71. The topological polar surface area (TPSA) is 80.3 Å². The van der Waals surface area contributed by atoms with E-state index in [9.17, 15) is 9.59 Å². The maximum absolute atomic E-state index is 12.2. The Morgan fingerprint density at radius 1 is 1.11 bits per heavy atom. The molecule has 0 spiro atoms. The number of halogens is 1. The highest BCUT2D eigenvalue weighted by atomic mass is 79.9. The van der Waals surface area contributed by atoms with Crippen molar-refractivity contribution >= 4 is 49.9 Å². The maximum Gasteiger partial charge on any atom is 0.257 e. The number of nitrogens with zero attached hydrogens (tertiary/aromatic N) is 1. The molecule has 0 bridgehead atoms. The predicted octanol–water partition coefficient (Wildman–Crippen LogP) is 4.35. The standard InChI is InChI=1S/C19H16BrN3O3S/c1-26-16-5-3-2-4-15(16)22-17(24)10-14-11-27-19(21-14)23-18(25)12-6-8-13(20)9-7-12/h2-9,11H,10H2,1H3,(H,22,24)(H,21,23,25). The molecule has 2 N–H and O–H groups in total. The molecule has 2 aromatic carbocycles. The van der Waals surface area contributed by atoms with Crippen molar-refractivity contribution in [3.63, 3.8) is 0 Å². The van der Waals surface area contributed by atoms with Gasteiger partial charge in [-0.3, -0.25) is 14.9 Å². The molecule has 27 heavy (non-hydrogen) atoms. The molecule has 0 aliphatic rings. The number of thiazole rings is 1. The van der Waals surface area contributed by atoms with Crippen LogP contribution >= 0.6 is 27.3 Å². The summed E-state index contributed by atoms with van der Waals surface area (Å²) in [6, 6.07) is 14.2. The van der Waals surface area contributed by atoms with Crippen molar-refractivity contribution in [2.75, 3.05) is 17.7 Å². The lowest BCUT2D eigenvalue weighted by Gasteiger charge is -2.09. The van der Waals surface area contributed by atoms with Gasteiger partial charge in [0.1, 0.15) is 5.75 Å². The van der Waals surface area contributed by atoms with E-state index in [4.69, 9.17) is 4.74 Å². The lowest BCUT2D eigenvalue weighted by molar-refractivity contribution is -0.115. The predicted molar refractivity (Wildman–Crippen MR) is 110 cm³/mol. The van der Waals surface area contributed by atoms with Crippen LogP contribution in [0.15, 0.2) is 58.4 Å². The van der Waals surface area contributed by atoms with Gasteiger partial charge in [-0.05, 0) is 36.4 Å². The Morgan fingerprint density at radius 3 is 2.59 bits per heavy atom. The van der Waals surface area contributed by atoms with Crippen LogP contribution in [0.3, 0.4) is 0 Å². The van der Waals surface area contributed by atoms with Crippen LogP contribution < -0.4 is 15.4 Å². The summed E-state index contributed by atoms with van der Waals surface area (Å²) in [7, 11) is 1.55. The van der Waals surface area contributed by atoms with Crippen LogP contribution in [0.5, 0.6) is 5.75 Å². The summed E-state index contributed by atoms with van der Waals surface area (Å²) >= 11 is 4.61. The Hall–Kier alpha value is -2.71. The minimum Gasteiger partial charge on any atom is -0.495 e. The van der Waals surface area contributed by atoms with Crippen LogP contribution in [0.25, 0.3) is 0 Å². The number of anilines is 2. The molecular weight excluding hydrogens is 430 g/mol. The number of carbonyl (C=O) groups is 2. The van der Waals surface area contributed by atoms with Gasteiger partial charge < -0.3 is 10.1 Å². The fraction of sp³-hybridized carbons (Fsp3) is 0.105. The molecule has 0 saturated heterocycles. The van der Waals surface area contributed by atoms with Crippen LogP contribution in [-0.4, -0.2) is 23.9 Å². The first-order chi connectivity index (χ1) is 13.0. The third-order valence-electron chi connectivity index (χ3n) is 3.60. The second-order valence-electron chi connectivity index (χ2n) is 5.53. The van der Waals surface area contributed by atoms with Crippen molar-refractivity contribution in [2.45, 2.75) is 6.42 Å². The summed E-state index contributed by atoms with van der Waals surface area (Å²) in [6.07, 6.45) is 0.0999. The average Bonchev–Trinajstić information content (AvgIpc) is 3.09. The van der Waals surface area contributed by atoms with Gasteiger partial charge >= 0.3 is 0 Å². The van der Waals surface area contributed by atoms with Crippen molar-refractivity contribution in [3.05, 3.63) is 69.6 Å². The van der Waals surface area contributed by atoms with Crippen molar-refractivity contribution in [1.29, 1.82) is 0 Å². The SMILES string of the molecule is COc1ccccc1NC(=O)Cc1csc(NC(=O)c2ccc(Br)cc2)n1. The zero-order chi connectivity index (χ0) is 19.2. The smallest absolute Gasteiger partial charge is 0.257 e. The number of ether oxygens (including phenoxy) is 1. The molecular formula is C19H16BrN3O3S. The van der Waals surface area contributed by atoms with E-state index in [-0.39, 0.29) is 18.2 Å². The number of para-hydroxylation sites is 2. The Kier molecular flexibility index (Phi) is 6.20. The Balaban J connectivity index is 1.59. The molecule has 0 unspecified atom stereocenters. The molecule has 1 heterocycles. The maximum atomic E-state index is 12.2. The first-order valence-corrected chi connectivity index (χ1v) is 9.66. The minimum absolute atomic E-state index is 0.0999. The number of methoxy groups -OCH3 is 1. The van der Waals surface area contributed by atoms with Crippen LogP contribution in [0, 0.1) is 0 Å². The first kappa shape index (κ1) is 19.1. The zero-order valence-electron chi connectivity index (χ0n) is 14.4. The van der Waals surface area contributed by atoms with Crippen molar-refractivity contribution < 1.29 is 14.3 Å². The van der Waals surface area contributed by atoms with Crippen LogP contribution in [0.4, 0.5) is 10.8 Å². The van der Waals surface area contributed by atoms with Crippen molar-refractivity contribution in [2.24, 2.45) is 0 Å². The van der Waals surface area contributed by atoms with E-state index >= 15 is 0 Å². The Labute approximate surface area is 168 Å². The molecule has 3 aromatic rings. The number of nitrogens with one attached hydrogen (secondary N) is 2. The highest BCUT2D eigenvalue weighted by Crippen LogP contribution is 2.23. The number of rotatable bonds is 6. The van der Waals surface area contributed by atoms with Crippen LogP contribution in [0.2, 0.25) is 0 Å². The monoisotopic (exact) mass is 445 g/mol. The van der Waals surface area contributed by atoms with Crippen molar-refractivity contribution in [3.8, 4) is 5.75 Å². The molecule has 6 nitrogen and oxygen atoms in total. The third-order valence-corrected chi connectivity index (χ3v) is 4.94. The molecule has 0 saturated carbocycles. The molecule has 0 atom stereocenters. The second kappa shape index (κ2) is 8.79. The molecule has 0 aliphatic carbocycles. The molecule has 0 aliphatic heterocycles. The normalized spacial score (nSPS) is 10.3. The van der Waals surface area contributed by atoms with Gasteiger partial charge in [0.05, 0.1) is 24.9 Å². The van der Waals surface area contributed by atoms with Crippen LogP contribution in [0.1, 0.15) is 16.1 Å². The van der Waals surface area contributed by atoms with Gasteiger partial charge in [0.15, 0.2) is 5.13 Å². The Bertz CT molecular complexity index is 957. The molecule has 1 aromatic heterocycles. The van der Waals surface area contributed by atoms with Gasteiger partial charge in [-0.2, -0.15) is 0 Å². The lowest BCUT2D eigenvalue weighted by Crippen LogP contribution is -2.15. The fourth-order valence-electron chi connectivity index (χ4n) is 2.32. The van der Waals surface area contributed by atoms with E-state index in [0.29, 0.717) is 27.8 Å². The summed E-state index contributed by atoms with van der Waals surface area (Å²) in [5, 5.41) is 7.74. The number of amides is 2. The van der Waals surface area contributed by atoms with Gasteiger partial charge in [0.25, 0.3) is 5.91 Å². The quantitative estimate of drug-likeness (QED) is 0.590. The van der Waals surface area contributed by atoms with E-state index in [1.54, 1.807) is 48.9 Å². The van der Waals surface area contributed by atoms with E-state index in [1.165, 1.54) is 11.3 Å². The number of hydrogen-bond donors (Lipinski definition) is 2. The van der Waals surface area contributed by atoms with Crippen molar-refractivity contribution in [1.82, 2.24) is 4.98 Å². The highest BCUT2D eigenvalue weighted by molar-refractivity contribution is 9.10. The summed E-state index contributed by atoms with van der Waals surface area (Å²) in [6.45, 7) is 0. The number of benzene rings is 2.